The normalized spacial score (nSPS) is 16.6. The van der Waals surface area contributed by atoms with Gasteiger partial charge < -0.3 is 25.0 Å². The monoisotopic (exact) mass is 384 g/mol. The van der Waals surface area contributed by atoms with Crippen molar-refractivity contribution in [3.63, 3.8) is 0 Å². The van der Waals surface area contributed by atoms with Crippen LogP contribution in [0.3, 0.4) is 0 Å². The van der Waals surface area contributed by atoms with E-state index >= 15 is 0 Å². The van der Waals surface area contributed by atoms with Crippen molar-refractivity contribution < 1.29 is 14.3 Å². The lowest BCUT2D eigenvalue weighted by Crippen LogP contribution is -2.45. The summed E-state index contributed by atoms with van der Waals surface area (Å²) >= 11 is 0. The number of nitrogens with one attached hydrogen (secondary N) is 2. The highest BCUT2D eigenvalue weighted by Crippen LogP contribution is 2.19. The number of guanidine groups is 1. The summed E-state index contributed by atoms with van der Waals surface area (Å²) in [6.45, 7) is 14.8. The van der Waals surface area contributed by atoms with Gasteiger partial charge in [-0.05, 0) is 51.9 Å². The smallest absolute Gasteiger partial charge is 0.410 e. The summed E-state index contributed by atoms with van der Waals surface area (Å²) < 4.78 is 11.0. The Morgan fingerprint density at radius 2 is 1.89 bits per heavy atom. The molecule has 0 unspecified atom stereocenters. The molecule has 158 valence electrons. The molecule has 1 amide bonds. The predicted octanol–water partition coefficient (Wildman–Crippen LogP) is 2.86. The molecule has 1 heterocycles. The fraction of sp³-hybridized carbons (Fsp3) is 0.900. The highest BCUT2D eigenvalue weighted by atomic mass is 16.6. The molecule has 0 radical (unpaired) electrons. The Bertz CT molecular complexity index is 453. The molecule has 1 aliphatic heterocycles. The first kappa shape index (κ1) is 23.5. The van der Waals surface area contributed by atoms with Crippen molar-refractivity contribution >= 4 is 12.1 Å². The van der Waals surface area contributed by atoms with Crippen molar-refractivity contribution in [3.8, 4) is 0 Å². The number of hydrogen-bond acceptors (Lipinski definition) is 4. The minimum Gasteiger partial charge on any atom is -0.444 e. The van der Waals surface area contributed by atoms with Crippen LogP contribution >= 0.6 is 0 Å². The van der Waals surface area contributed by atoms with Gasteiger partial charge in [0, 0.05) is 46.4 Å². The van der Waals surface area contributed by atoms with Crippen molar-refractivity contribution in [2.75, 3.05) is 46.4 Å². The van der Waals surface area contributed by atoms with Gasteiger partial charge in [-0.2, -0.15) is 0 Å². The minimum absolute atomic E-state index is 0.203. The van der Waals surface area contributed by atoms with Gasteiger partial charge in [0.15, 0.2) is 5.96 Å². The summed E-state index contributed by atoms with van der Waals surface area (Å²) in [6, 6.07) is 0. The summed E-state index contributed by atoms with van der Waals surface area (Å²) in [6.07, 6.45) is 2.71. The van der Waals surface area contributed by atoms with Gasteiger partial charge in [-0.15, -0.1) is 0 Å². The van der Waals surface area contributed by atoms with Crippen molar-refractivity contribution in [2.24, 2.45) is 16.8 Å². The van der Waals surface area contributed by atoms with E-state index in [0.29, 0.717) is 11.8 Å². The zero-order valence-electron chi connectivity index (χ0n) is 18.1. The molecule has 7 heteroatoms. The van der Waals surface area contributed by atoms with Crippen LogP contribution in [-0.4, -0.2) is 69.0 Å². The van der Waals surface area contributed by atoms with Crippen LogP contribution in [0, 0.1) is 11.8 Å². The summed E-state index contributed by atoms with van der Waals surface area (Å²) in [5, 5.41) is 6.72. The summed E-state index contributed by atoms with van der Waals surface area (Å²) in [5.74, 6) is 1.94. The third kappa shape index (κ3) is 11.1. The first-order chi connectivity index (χ1) is 12.7. The van der Waals surface area contributed by atoms with Gasteiger partial charge in [0.05, 0.1) is 0 Å². The number of ether oxygens (including phenoxy) is 2. The number of carbonyl (C=O) groups is 1. The average Bonchev–Trinajstić information content (AvgIpc) is 2.59. The molecule has 0 aromatic heterocycles. The van der Waals surface area contributed by atoms with Crippen LogP contribution in [0.15, 0.2) is 4.99 Å². The van der Waals surface area contributed by atoms with Gasteiger partial charge in [-0.25, -0.2) is 4.79 Å². The van der Waals surface area contributed by atoms with Crippen LogP contribution in [0.4, 0.5) is 4.79 Å². The Hall–Kier alpha value is -1.50. The lowest BCUT2D eigenvalue weighted by Gasteiger charge is -2.33. The zero-order valence-corrected chi connectivity index (χ0v) is 18.1. The van der Waals surface area contributed by atoms with Gasteiger partial charge in [0.1, 0.15) is 5.60 Å². The van der Waals surface area contributed by atoms with Crippen molar-refractivity contribution in [2.45, 2.75) is 59.5 Å². The number of amides is 1. The number of nitrogens with zero attached hydrogens (tertiary/aromatic N) is 2. The number of rotatable bonds is 8. The number of piperidine rings is 1. The highest BCUT2D eigenvalue weighted by molar-refractivity contribution is 5.79. The van der Waals surface area contributed by atoms with E-state index in [1.54, 1.807) is 7.05 Å². The third-order valence-electron chi connectivity index (χ3n) is 4.26. The fourth-order valence-corrected chi connectivity index (χ4v) is 2.81. The maximum absolute atomic E-state index is 12.1. The Balaban J connectivity index is 2.17. The molecule has 0 spiro atoms. The maximum Gasteiger partial charge on any atom is 0.410 e. The van der Waals surface area contributed by atoms with Crippen molar-refractivity contribution in [3.05, 3.63) is 0 Å². The first-order valence-electron chi connectivity index (χ1n) is 10.2. The van der Waals surface area contributed by atoms with Gasteiger partial charge in [-0.3, -0.25) is 4.99 Å². The Morgan fingerprint density at radius 3 is 2.44 bits per heavy atom. The third-order valence-corrected chi connectivity index (χ3v) is 4.26. The quantitative estimate of drug-likeness (QED) is 0.382. The highest BCUT2D eigenvalue weighted by Gasteiger charge is 2.26. The average molecular weight is 385 g/mol. The Morgan fingerprint density at radius 1 is 1.22 bits per heavy atom. The number of likely N-dealkylation sites (tertiary alicyclic amines) is 1. The molecule has 0 aliphatic carbocycles. The number of hydrogen-bond donors (Lipinski definition) is 2. The summed E-state index contributed by atoms with van der Waals surface area (Å²) in [7, 11) is 1.79. The van der Waals surface area contributed by atoms with E-state index in [1.165, 1.54) is 0 Å². The predicted molar refractivity (Wildman–Crippen MR) is 110 cm³/mol. The van der Waals surface area contributed by atoms with E-state index in [2.05, 4.69) is 29.5 Å². The van der Waals surface area contributed by atoms with E-state index in [-0.39, 0.29) is 6.09 Å². The van der Waals surface area contributed by atoms with Gasteiger partial charge in [-0.1, -0.05) is 13.8 Å². The lowest BCUT2D eigenvalue weighted by atomic mass is 9.97. The summed E-state index contributed by atoms with van der Waals surface area (Å²) in [5.41, 5.74) is -0.437. The maximum atomic E-state index is 12.1. The standard InChI is InChI=1S/C20H40N4O3/c1-16(2)15-26-13-7-10-22-18(21-6)23-14-17-8-11-24(12-9-17)19(25)27-20(3,4)5/h16-17H,7-15H2,1-6H3,(H2,21,22,23). The van der Waals surface area contributed by atoms with Crippen molar-refractivity contribution in [1.82, 2.24) is 15.5 Å². The molecule has 0 bridgehead atoms. The molecule has 1 saturated heterocycles. The molecule has 0 aromatic rings. The number of aliphatic imine (C=N–C) groups is 1. The zero-order chi connectivity index (χ0) is 20.3. The fourth-order valence-electron chi connectivity index (χ4n) is 2.81. The molecule has 0 aromatic carbocycles. The topological polar surface area (TPSA) is 75.2 Å². The van der Waals surface area contributed by atoms with Gasteiger partial charge in [0.25, 0.3) is 0 Å². The second-order valence-corrected chi connectivity index (χ2v) is 8.61. The molecule has 0 atom stereocenters. The Kier molecular flexibility index (Phi) is 10.5. The minimum atomic E-state index is -0.437. The van der Waals surface area contributed by atoms with Gasteiger partial charge >= 0.3 is 6.09 Å². The summed E-state index contributed by atoms with van der Waals surface area (Å²) in [4.78, 5) is 18.2. The van der Waals surface area contributed by atoms with Crippen LogP contribution in [0.5, 0.6) is 0 Å². The Labute approximate surface area is 165 Å². The SMILES string of the molecule is CN=C(NCCCOCC(C)C)NCC1CCN(C(=O)OC(C)(C)C)CC1. The van der Waals surface area contributed by atoms with Crippen molar-refractivity contribution in [1.29, 1.82) is 0 Å². The molecule has 1 aliphatic rings. The van der Waals surface area contributed by atoms with Crippen LogP contribution in [0.1, 0.15) is 53.9 Å². The largest absolute Gasteiger partial charge is 0.444 e. The first-order valence-corrected chi connectivity index (χ1v) is 10.2. The second kappa shape index (κ2) is 12.1. The molecule has 0 saturated carbocycles. The lowest BCUT2D eigenvalue weighted by molar-refractivity contribution is 0.0185. The molecule has 7 nitrogen and oxygen atoms in total. The molecular weight excluding hydrogens is 344 g/mol. The van der Waals surface area contributed by atoms with E-state index < -0.39 is 5.60 Å². The van der Waals surface area contributed by atoms with Crippen LogP contribution in [0.25, 0.3) is 0 Å². The van der Waals surface area contributed by atoms with E-state index in [9.17, 15) is 4.79 Å². The molecular formula is C20H40N4O3. The number of carbonyl (C=O) groups excluding carboxylic acids is 1. The molecule has 2 N–H and O–H groups in total. The van der Waals surface area contributed by atoms with E-state index in [4.69, 9.17) is 9.47 Å². The van der Waals surface area contributed by atoms with E-state index in [0.717, 1.165) is 64.6 Å². The van der Waals surface area contributed by atoms with Gasteiger partial charge in [0.2, 0.25) is 0 Å². The van der Waals surface area contributed by atoms with Crippen LogP contribution in [0.2, 0.25) is 0 Å². The second-order valence-electron chi connectivity index (χ2n) is 8.61. The molecule has 1 fully saturated rings. The van der Waals surface area contributed by atoms with E-state index in [1.807, 2.05) is 25.7 Å². The van der Waals surface area contributed by atoms with Crippen LogP contribution < -0.4 is 10.6 Å². The van der Waals surface area contributed by atoms with Crippen LogP contribution in [-0.2, 0) is 9.47 Å². The molecule has 27 heavy (non-hydrogen) atoms. The molecule has 1 rings (SSSR count).